The average Bonchev–Trinajstić information content (AvgIpc) is 3.51. The van der Waals surface area contributed by atoms with Gasteiger partial charge in [0.2, 0.25) is 0 Å². The van der Waals surface area contributed by atoms with E-state index in [1.165, 1.54) is 47.3 Å². The summed E-state index contributed by atoms with van der Waals surface area (Å²) < 4.78 is 2.45. The Morgan fingerprint density at radius 3 is 1.76 bits per heavy atom. The van der Waals surface area contributed by atoms with E-state index >= 15 is 0 Å². The summed E-state index contributed by atoms with van der Waals surface area (Å²) in [5.41, 5.74) is 5.28. The molecular weight excluding hydrogens is 567 g/mol. The second-order valence-electron chi connectivity index (χ2n) is 11.3. The number of rotatable bonds is 4. The van der Waals surface area contributed by atoms with Gasteiger partial charge in [0.1, 0.15) is 0 Å². The van der Waals surface area contributed by atoms with Crippen molar-refractivity contribution in [2.45, 2.75) is 0 Å². The van der Waals surface area contributed by atoms with Gasteiger partial charge in [0.25, 0.3) is 0 Å². The Bertz CT molecular complexity index is 2530. The number of nitrogens with zero attached hydrogens (tertiary/aromatic N) is 3. The molecule has 0 amide bonds. The van der Waals surface area contributed by atoms with Gasteiger partial charge in [0, 0.05) is 36.9 Å². The van der Waals surface area contributed by atoms with Crippen LogP contribution in [0.15, 0.2) is 152 Å². The molecular formula is C41H25N3S. The van der Waals surface area contributed by atoms with Crippen molar-refractivity contribution < 1.29 is 0 Å². The van der Waals surface area contributed by atoms with E-state index in [1.54, 1.807) is 11.3 Å². The normalized spacial score (nSPS) is 11.6. The first-order valence-corrected chi connectivity index (χ1v) is 15.8. The standard InChI is InChI=1S/C41H25N3S/c1-2-11-28(12-3-1)39-42-40(29-21-18-27(19-22-29)31-23-20-26-10-4-5-13-30(26)24-31)44-41(43-39)35-25-32-14-6-7-15-33(32)37-34-16-8-9-17-36(34)45-38(35)37/h1-25H. The van der Waals surface area contributed by atoms with Gasteiger partial charge in [-0.2, -0.15) is 0 Å². The summed E-state index contributed by atoms with van der Waals surface area (Å²) >= 11 is 1.80. The molecule has 2 heterocycles. The molecule has 7 aromatic carbocycles. The van der Waals surface area contributed by atoms with Gasteiger partial charge < -0.3 is 0 Å². The number of hydrogen-bond donors (Lipinski definition) is 0. The van der Waals surface area contributed by atoms with Gasteiger partial charge in [0.05, 0.1) is 0 Å². The average molecular weight is 592 g/mol. The zero-order chi connectivity index (χ0) is 29.7. The lowest BCUT2D eigenvalue weighted by atomic mass is 9.99. The number of fused-ring (bicyclic) bond motifs is 6. The van der Waals surface area contributed by atoms with Crippen LogP contribution >= 0.6 is 11.3 Å². The van der Waals surface area contributed by atoms with Crippen molar-refractivity contribution in [3.63, 3.8) is 0 Å². The lowest BCUT2D eigenvalue weighted by molar-refractivity contribution is 1.08. The van der Waals surface area contributed by atoms with Crippen molar-refractivity contribution in [1.29, 1.82) is 0 Å². The maximum absolute atomic E-state index is 5.15. The molecule has 0 radical (unpaired) electrons. The molecule has 210 valence electrons. The van der Waals surface area contributed by atoms with Crippen molar-refractivity contribution in [3.8, 4) is 45.3 Å². The van der Waals surface area contributed by atoms with Crippen molar-refractivity contribution in [2.75, 3.05) is 0 Å². The van der Waals surface area contributed by atoms with Gasteiger partial charge in [-0.05, 0) is 50.9 Å². The zero-order valence-corrected chi connectivity index (χ0v) is 25.0. The van der Waals surface area contributed by atoms with Crippen LogP contribution in [0.1, 0.15) is 0 Å². The Balaban J connectivity index is 1.24. The van der Waals surface area contributed by atoms with Gasteiger partial charge in [-0.25, -0.2) is 15.0 Å². The summed E-state index contributed by atoms with van der Waals surface area (Å²) in [6.45, 7) is 0. The van der Waals surface area contributed by atoms with Crippen molar-refractivity contribution in [3.05, 3.63) is 152 Å². The third-order valence-electron chi connectivity index (χ3n) is 8.50. The highest BCUT2D eigenvalue weighted by atomic mass is 32.1. The minimum absolute atomic E-state index is 0.659. The molecule has 9 rings (SSSR count). The number of benzene rings is 7. The minimum atomic E-state index is 0.659. The Morgan fingerprint density at radius 1 is 0.378 bits per heavy atom. The van der Waals surface area contributed by atoms with Crippen molar-refractivity contribution in [1.82, 2.24) is 15.0 Å². The van der Waals surface area contributed by atoms with Crippen LogP contribution in [0, 0.1) is 0 Å². The molecule has 0 fully saturated rings. The van der Waals surface area contributed by atoms with Crippen LogP contribution in [-0.4, -0.2) is 15.0 Å². The van der Waals surface area contributed by atoms with Crippen LogP contribution in [0.25, 0.3) is 87.0 Å². The van der Waals surface area contributed by atoms with Crippen molar-refractivity contribution in [2.24, 2.45) is 0 Å². The summed E-state index contributed by atoms with van der Waals surface area (Å²) in [6.07, 6.45) is 0. The molecule has 0 spiro atoms. The topological polar surface area (TPSA) is 38.7 Å². The van der Waals surface area contributed by atoms with Crippen LogP contribution in [0.5, 0.6) is 0 Å². The summed E-state index contributed by atoms with van der Waals surface area (Å²) in [6, 6.07) is 53.3. The second kappa shape index (κ2) is 10.5. The van der Waals surface area contributed by atoms with Gasteiger partial charge in [-0.1, -0.05) is 133 Å². The van der Waals surface area contributed by atoms with Crippen LogP contribution in [0.3, 0.4) is 0 Å². The van der Waals surface area contributed by atoms with E-state index in [4.69, 9.17) is 15.0 Å². The molecule has 0 atom stereocenters. The highest BCUT2D eigenvalue weighted by molar-refractivity contribution is 7.26. The molecule has 0 aliphatic rings. The summed E-state index contributed by atoms with van der Waals surface area (Å²) in [5.74, 6) is 2.00. The SMILES string of the molecule is c1ccc(-c2nc(-c3ccc(-c4ccc5ccccc5c4)cc3)nc(-c3cc4ccccc4c4c3sc3ccccc34)n2)cc1. The van der Waals surface area contributed by atoms with Gasteiger partial charge in [0.15, 0.2) is 17.5 Å². The number of aromatic nitrogens is 3. The number of thiophene rings is 1. The first-order valence-electron chi connectivity index (χ1n) is 15.0. The van der Waals surface area contributed by atoms with Gasteiger partial charge in [-0.15, -0.1) is 11.3 Å². The molecule has 0 unspecified atom stereocenters. The fraction of sp³-hybridized carbons (Fsp3) is 0. The van der Waals surface area contributed by atoms with Crippen LogP contribution in [0.4, 0.5) is 0 Å². The van der Waals surface area contributed by atoms with E-state index < -0.39 is 0 Å². The second-order valence-corrected chi connectivity index (χ2v) is 12.3. The van der Waals surface area contributed by atoms with Crippen LogP contribution in [-0.2, 0) is 0 Å². The van der Waals surface area contributed by atoms with E-state index in [2.05, 4.69) is 133 Å². The molecule has 9 aromatic rings. The highest BCUT2D eigenvalue weighted by Crippen LogP contribution is 2.43. The molecule has 2 aromatic heterocycles. The molecule has 0 saturated carbocycles. The van der Waals surface area contributed by atoms with E-state index in [0.29, 0.717) is 17.5 Å². The monoisotopic (exact) mass is 591 g/mol. The first kappa shape index (κ1) is 25.8. The van der Waals surface area contributed by atoms with E-state index in [0.717, 1.165) is 22.3 Å². The molecule has 4 heteroatoms. The lowest BCUT2D eigenvalue weighted by Crippen LogP contribution is -2.00. The van der Waals surface area contributed by atoms with E-state index in [-0.39, 0.29) is 0 Å². The maximum atomic E-state index is 5.15. The summed E-state index contributed by atoms with van der Waals surface area (Å²) in [7, 11) is 0. The Hall–Kier alpha value is -5.71. The summed E-state index contributed by atoms with van der Waals surface area (Å²) in [5, 5.41) is 7.41. The molecule has 3 nitrogen and oxygen atoms in total. The largest absolute Gasteiger partial charge is 0.208 e. The Morgan fingerprint density at radius 2 is 0.956 bits per heavy atom. The quantitative estimate of drug-likeness (QED) is 0.204. The van der Waals surface area contributed by atoms with Crippen LogP contribution in [0.2, 0.25) is 0 Å². The molecule has 45 heavy (non-hydrogen) atoms. The molecule has 0 aliphatic carbocycles. The molecule has 0 N–H and O–H groups in total. The van der Waals surface area contributed by atoms with Crippen LogP contribution < -0.4 is 0 Å². The fourth-order valence-electron chi connectivity index (χ4n) is 6.26. The lowest BCUT2D eigenvalue weighted by Gasteiger charge is -2.11. The van der Waals surface area contributed by atoms with Gasteiger partial charge >= 0.3 is 0 Å². The predicted octanol–water partition coefficient (Wildman–Crippen LogP) is 11.2. The zero-order valence-electron chi connectivity index (χ0n) is 24.2. The molecule has 0 saturated heterocycles. The maximum Gasteiger partial charge on any atom is 0.165 e. The third kappa shape index (κ3) is 4.46. The Labute approximate surface area is 264 Å². The van der Waals surface area contributed by atoms with E-state index in [9.17, 15) is 0 Å². The predicted molar refractivity (Wildman–Crippen MR) is 189 cm³/mol. The first-order chi connectivity index (χ1) is 22.3. The fourth-order valence-corrected chi connectivity index (χ4v) is 7.49. The minimum Gasteiger partial charge on any atom is -0.208 e. The smallest absolute Gasteiger partial charge is 0.165 e. The highest BCUT2D eigenvalue weighted by Gasteiger charge is 2.19. The van der Waals surface area contributed by atoms with E-state index in [1.807, 2.05) is 18.2 Å². The Kier molecular flexibility index (Phi) is 6.00. The number of hydrogen-bond acceptors (Lipinski definition) is 4. The van der Waals surface area contributed by atoms with Crippen molar-refractivity contribution >= 4 is 53.1 Å². The molecule has 0 aliphatic heterocycles. The third-order valence-corrected chi connectivity index (χ3v) is 9.71. The van der Waals surface area contributed by atoms with Gasteiger partial charge in [-0.3, -0.25) is 0 Å². The summed E-state index contributed by atoms with van der Waals surface area (Å²) in [4.78, 5) is 15.3. The molecule has 0 bridgehead atoms.